The van der Waals surface area contributed by atoms with E-state index in [9.17, 15) is 13.6 Å². The van der Waals surface area contributed by atoms with E-state index in [1.165, 1.54) is 18.2 Å². The van der Waals surface area contributed by atoms with E-state index in [4.69, 9.17) is 16.3 Å². The lowest BCUT2D eigenvalue weighted by Crippen LogP contribution is -2.00. The predicted octanol–water partition coefficient (Wildman–Crippen LogP) is 5.67. The number of hydrogen-bond donors (Lipinski definition) is 0. The molecule has 1 heterocycles. The fourth-order valence-corrected chi connectivity index (χ4v) is 2.35. The summed E-state index contributed by atoms with van der Waals surface area (Å²) in [6, 6.07) is 9.24. The Kier molecular flexibility index (Phi) is 6.71. The van der Waals surface area contributed by atoms with E-state index >= 15 is 0 Å². The van der Waals surface area contributed by atoms with E-state index in [1.54, 1.807) is 6.07 Å². The Hall–Kier alpha value is -0.820. The van der Waals surface area contributed by atoms with Crippen LogP contribution in [0.4, 0.5) is 8.78 Å². The summed E-state index contributed by atoms with van der Waals surface area (Å²) in [7, 11) is 0. The van der Waals surface area contributed by atoms with E-state index in [1.807, 2.05) is 6.07 Å². The zero-order chi connectivity index (χ0) is 17.0. The van der Waals surface area contributed by atoms with Crippen LogP contribution in [0.15, 0.2) is 45.3 Å². The molecule has 3 rings (SSSR count). The van der Waals surface area contributed by atoms with Crippen LogP contribution in [0.25, 0.3) is 0 Å². The lowest BCUT2D eigenvalue weighted by molar-refractivity contribution is 0.102. The largest absolute Gasteiger partial charge is 0.368 e. The molecule has 122 valence electrons. The maximum atomic E-state index is 12.9. The lowest BCUT2D eigenvalue weighted by atomic mass is 10.1. The Balaban J connectivity index is 0.000000167. The quantitative estimate of drug-likeness (QED) is 0.330. The molecule has 23 heavy (non-hydrogen) atoms. The van der Waals surface area contributed by atoms with Gasteiger partial charge in [-0.15, -0.1) is 11.6 Å². The van der Waals surface area contributed by atoms with Crippen molar-refractivity contribution in [2.75, 3.05) is 12.5 Å². The molecule has 0 saturated carbocycles. The van der Waals surface area contributed by atoms with Gasteiger partial charge in [-0.3, -0.25) is 4.79 Å². The maximum Gasteiger partial charge on any atom is 0.177 e. The third-order valence-electron chi connectivity index (χ3n) is 3.01. The second kappa shape index (κ2) is 8.33. The smallest absolute Gasteiger partial charge is 0.177 e. The summed E-state index contributed by atoms with van der Waals surface area (Å²) in [5, 5.41) is 0. The van der Waals surface area contributed by atoms with E-state index < -0.39 is 5.82 Å². The van der Waals surface area contributed by atoms with Gasteiger partial charge in [0.2, 0.25) is 0 Å². The molecule has 1 fully saturated rings. The fraction of sp³-hybridized carbons (Fsp3) is 0.188. The van der Waals surface area contributed by atoms with Crippen molar-refractivity contribution in [3.63, 3.8) is 0 Å². The molecule has 2 nitrogen and oxygen atoms in total. The molecule has 0 N–H and O–H groups in total. The van der Waals surface area contributed by atoms with Crippen molar-refractivity contribution in [1.82, 2.24) is 0 Å². The minimum Gasteiger partial charge on any atom is -0.368 e. The van der Waals surface area contributed by atoms with Gasteiger partial charge in [0.05, 0.1) is 21.4 Å². The summed E-state index contributed by atoms with van der Waals surface area (Å²) in [6.07, 6.45) is 0.137. The van der Waals surface area contributed by atoms with Gasteiger partial charge in [0, 0.05) is 5.56 Å². The fourth-order valence-electron chi connectivity index (χ4n) is 1.70. The zero-order valence-electron chi connectivity index (χ0n) is 11.7. The monoisotopic (exact) mass is 466 g/mol. The van der Waals surface area contributed by atoms with Gasteiger partial charge < -0.3 is 4.74 Å². The topological polar surface area (TPSA) is 29.6 Å². The molecule has 0 amide bonds. The van der Waals surface area contributed by atoms with Crippen molar-refractivity contribution < 1.29 is 18.3 Å². The van der Waals surface area contributed by atoms with Gasteiger partial charge >= 0.3 is 0 Å². The summed E-state index contributed by atoms with van der Waals surface area (Å²) in [5.41, 5.74) is 1.22. The summed E-state index contributed by atoms with van der Waals surface area (Å²) in [6.45, 7) is 0.723. The molecule has 0 radical (unpaired) electrons. The first kappa shape index (κ1) is 18.5. The van der Waals surface area contributed by atoms with Crippen LogP contribution in [0.1, 0.15) is 22.0 Å². The highest BCUT2D eigenvalue weighted by molar-refractivity contribution is 9.10. The third-order valence-corrected chi connectivity index (χ3v) is 4.54. The van der Waals surface area contributed by atoms with Gasteiger partial charge in [-0.1, -0.05) is 12.1 Å². The normalized spacial score (nSPS) is 15.6. The Morgan fingerprint density at radius 2 is 1.70 bits per heavy atom. The second-order valence-corrected chi connectivity index (χ2v) is 6.66. The van der Waals surface area contributed by atoms with Gasteiger partial charge in [0.1, 0.15) is 17.7 Å². The Morgan fingerprint density at radius 3 is 2.17 bits per heavy atom. The Bertz CT molecular complexity index is 721. The molecule has 1 atom stereocenters. The number of hydrogen-bond acceptors (Lipinski definition) is 2. The third kappa shape index (κ3) is 5.35. The van der Waals surface area contributed by atoms with Crippen LogP contribution in [0.5, 0.6) is 0 Å². The van der Waals surface area contributed by atoms with Gasteiger partial charge in [-0.05, 0) is 61.7 Å². The van der Waals surface area contributed by atoms with E-state index in [0.717, 1.165) is 18.2 Å². The van der Waals surface area contributed by atoms with Crippen molar-refractivity contribution in [2.45, 2.75) is 6.10 Å². The first-order valence-corrected chi connectivity index (χ1v) is 8.65. The van der Waals surface area contributed by atoms with Crippen molar-refractivity contribution in [1.29, 1.82) is 0 Å². The summed E-state index contributed by atoms with van der Waals surface area (Å²) in [4.78, 5) is 11.0. The van der Waals surface area contributed by atoms with E-state index in [-0.39, 0.29) is 23.6 Å². The van der Waals surface area contributed by atoms with Crippen LogP contribution in [0.3, 0.4) is 0 Å². The molecule has 0 spiro atoms. The van der Waals surface area contributed by atoms with Gasteiger partial charge in [-0.2, -0.15) is 0 Å². The van der Waals surface area contributed by atoms with Crippen LogP contribution in [-0.2, 0) is 4.74 Å². The van der Waals surface area contributed by atoms with Gasteiger partial charge in [0.15, 0.2) is 5.78 Å². The van der Waals surface area contributed by atoms with Crippen molar-refractivity contribution >= 4 is 49.2 Å². The van der Waals surface area contributed by atoms with Crippen LogP contribution in [-0.4, -0.2) is 18.3 Å². The number of epoxide rings is 1. The molecular formula is C16H11Br2ClF2O2. The molecule has 0 aliphatic carbocycles. The van der Waals surface area contributed by atoms with Crippen LogP contribution < -0.4 is 0 Å². The lowest BCUT2D eigenvalue weighted by Gasteiger charge is -1.97. The molecule has 7 heteroatoms. The summed E-state index contributed by atoms with van der Waals surface area (Å²) >= 11 is 11.4. The number of Topliss-reactive ketones (excluding diaryl/α,β-unsaturated/α-hetero) is 1. The minimum atomic E-state index is -0.453. The molecule has 1 saturated heterocycles. The van der Waals surface area contributed by atoms with Crippen LogP contribution in [0.2, 0.25) is 0 Å². The molecule has 0 aromatic heterocycles. The first-order valence-electron chi connectivity index (χ1n) is 6.53. The van der Waals surface area contributed by atoms with Gasteiger partial charge in [0.25, 0.3) is 0 Å². The average Bonchev–Trinajstić information content (AvgIpc) is 3.37. The van der Waals surface area contributed by atoms with Crippen LogP contribution in [0, 0.1) is 11.6 Å². The average molecular weight is 469 g/mol. The molecule has 1 aliphatic heterocycles. The molecule has 1 aliphatic rings. The number of ketones is 1. The van der Waals surface area contributed by atoms with Crippen molar-refractivity contribution in [2.24, 2.45) is 0 Å². The summed E-state index contributed by atoms with van der Waals surface area (Å²) in [5.74, 6) is -1.08. The Morgan fingerprint density at radius 1 is 1.13 bits per heavy atom. The molecule has 0 bridgehead atoms. The SMILES string of the molecule is Fc1cc(C2CO2)ccc1Br.O=C(CCl)c1ccc(Br)c(F)c1. The first-order chi connectivity index (χ1) is 10.9. The standard InChI is InChI=1S/C8H5BrClFO.C8H6BrFO/c9-6-2-1-5(3-7(6)11)8(12)4-10;9-6-2-1-5(3-7(6)10)8-4-11-8/h1-3H,4H2;1-3,8H,4H2. The van der Waals surface area contributed by atoms with Gasteiger partial charge in [-0.25, -0.2) is 8.78 Å². The van der Waals surface area contributed by atoms with E-state index in [2.05, 4.69) is 31.9 Å². The number of alkyl halides is 1. The highest BCUT2D eigenvalue weighted by atomic mass is 79.9. The number of benzene rings is 2. The zero-order valence-corrected chi connectivity index (χ0v) is 15.6. The number of carbonyl (C=O) groups excluding carboxylic acids is 1. The predicted molar refractivity (Wildman–Crippen MR) is 91.9 cm³/mol. The highest BCUT2D eigenvalue weighted by Gasteiger charge is 2.25. The number of rotatable bonds is 3. The molecule has 1 unspecified atom stereocenters. The number of ether oxygens (including phenoxy) is 1. The molecule has 2 aromatic rings. The number of carbonyl (C=O) groups is 1. The van der Waals surface area contributed by atoms with Crippen molar-refractivity contribution in [3.05, 3.63) is 68.1 Å². The number of halogens is 5. The van der Waals surface area contributed by atoms with Crippen LogP contribution >= 0.6 is 43.5 Å². The Labute approximate surface area is 154 Å². The van der Waals surface area contributed by atoms with Crippen molar-refractivity contribution in [3.8, 4) is 0 Å². The second-order valence-electron chi connectivity index (χ2n) is 4.68. The molecule has 2 aromatic carbocycles. The summed E-state index contributed by atoms with van der Waals surface area (Å²) < 4.78 is 31.5. The highest BCUT2D eigenvalue weighted by Crippen LogP contribution is 2.31. The van der Waals surface area contributed by atoms with E-state index in [0.29, 0.717) is 14.5 Å². The maximum absolute atomic E-state index is 12.9. The minimum absolute atomic E-state index is 0.124. The molecular weight excluding hydrogens is 457 g/mol.